The Kier molecular flexibility index (Phi) is 7.88. The number of aryl methyl sites for hydroxylation is 1. The summed E-state index contributed by atoms with van der Waals surface area (Å²) in [5.41, 5.74) is 2.02. The lowest BCUT2D eigenvalue weighted by molar-refractivity contribution is -0.118. The maximum atomic E-state index is 12.1. The minimum absolute atomic E-state index is 0.0130. The van der Waals surface area contributed by atoms with Crippen molar-refractivity contribution >= 4 is 52.2 Å². The first-order valence-corrected chi connectivity index (χ1v) is 10.4. The van der Waals surface area contributed by atoms with E-state index in [4.69, 9.17) is 23.2 Å². The number of thiazole rings is 1. The topological polar surface area (TPSA) is 42.0 Å². The summed E-state index contributed by atoms with van der Waals surface area (Å²) in [4.78, 5) is 16.4. The van der Waals surface area contributed by atoms with Crippen LogP contribution in [-0.4, -0.2) is 23.2 Å². The Hall–Kier alpha value is -0.750. The van der Waals surface area contributed by atoms with Crippen molar-refractivity contribution in [3.8, 4) is 0 Å². The smallest absolute Gasteiger partial charge is 0.230 e. The van der Waals surface area contributed by atoms with Gasteiger partial charge in [0.2, 0.25) is 5.91 Å². The number of aromatic nitrogens is 1. The maximum absolute atomic E-state index is 12.1. The Morgan fingerprint density at radius 2 is 2.21 bits per heavy atom. The van der Waals surface area contributed by atoms with Gasteiger partial charge in [-0.2, -0.15) is 0 Å². The van der Waals surface area contributed by atoms with E-state index in [1.54, 1.807) is 17.4 Å². The Bertz CT molecular complexity index is 691. The van der Waals surface area contributed by atoms with E-state index >= 15 is 0 Å². The monoisotopic (exact) mass is 402 g/mol. The van der Waals surface area contributed by atoms with Gasteiger partial charge in [0, 0.05) is 33.6 Å². The second kappa shape index (κ2) is 9.66. The van der Waals surface area contributed by atoms with Crippen molar-refractivity contribution in [2.45, 2.75) is 36.9 Å². The number of rotatable bonds is 8. The van der Waals surface area contributed by atoms with Gasteiger partial charge in [0.25, 0.3) is 0 Å². The van der Waals surface area contributed by atoms with Crippen LogP contribution in [0, 0.1) is 6.92 Å². The molecule has 0 radical (unpaired) electrons. The Balaban J connectivity index is 1.89. The van der Waals surface area contributed by atoms with Crippen LogP contribution in [0.3, 0.4) is 0 Å². The summed E-state index contributed by atoms with van der Waals surface area (Å²) in [6.45, 7) is 4.65. The summed E-state index contributed by atoms with van der Waals surface area (Å²) in [6, 6.07) is 5.54. The molecule has 130 valence electrons. The lowest BCUT2D eigenvalue weighted by Gasteiger charge is -2.19. The van der Waals surface area contributed by atoms with Crippen molar-refractivity contribution in [3.05, 3.63) is 44.9 Å². The summed E-state index contributed by atoms with van der Waals surface area (Å²) in [5, 5.41) is 6.28. The largest absolute Gasteiger partial charge is 0.355 e. The van der Waals surface area contributed by atoms with Crippen LogP contribution in [0.5, 0.6) is 0 Å². The average molecular weight is 403 g/mol. The molecule has 0 aliphatic rings. The Labute approximate surface area is 161 Å². The zero-order valence-corrected chi connectivity index (χ0v) is 16.8. The molecule has 1 aromatic heterocycles. The molecule has 1 heterocycles. The minimum atomic E-state index is 0.0130. The van der Waals surface area contributed by atoms with Crippen molar-refractivity contribution in [3.63, 3.8) is 0 Å². The fraction of sp³-hybridized carbons (Fsp3) is 0.412. The van der Waals surface area contributed by atoms with Crippen LogP contribution in [0.2, 0.25) is 10.0 Å². The van der Waals surface area contributed by atoms with Gasteiger partial charge in [-0.3, -0.25) is 4.79 Å². The van der Waals surface area contributed by atoms with Crippen molar-refractivity contribution in [2.75, 3.05) is 12.3 Å². The van der Waals surface area contributed by atoms with E-state index in [9.17, 15) is 4.79 Å². The Morgan fingerprint density at radius 3 is 2.83 bits per heavy atom. The van der Waals surface area contributed by atoms with Crippen LogP contribution in [0.25, 0.3) is 0 Å². The van der Waals surface area contributed by atoms with E-state index in [-0.39, 0.29) is 11.8 Å². The number of nitrogens with one attached hydrogen (secondary N) is 1. The first-order chi connectivity index (χ1) is 11.5. The number of benzene rings is 1. The zero-order valence-electron chi connectivity index (χ0n) is 13.6. The number of hydrogen-bond donors (Lipinski definition) is 1. The standard InChI is InChI=1S/C17H20Cl2N2OS2/c1-3-4-12(14-6-5-13(18)7-15(14)19)8-20-16(22)10-24-17-21-11(2)9-23-17/h5-7,9,12H,3-4,8,10H2,1-2H3,(H,20,22)/t12-/m1/s1. The van der Waals surface area contributed by atoms with E-state index in [2.05, 4.69) is 17.2 Å². The number of thioether (sulfide) groups is 1. The molecule has 1 amide bonds. The SMILES string of the molecule is CCC[C@H](CNC(=O)CSc1nc(C)cs1)c1ccc(Cl)cc1Cl. The fourth-order valence-electron chi connectivity index (χ4n) is 2.36. The van der Waals surface area contributed by atoms with Gasteiger partial charge in [-0.1, -0.05) is 54.4 Å². The van der Waals surface area contributed by atoms with Crippen molar-refractivity contribution < 1.29 is 4.79 Å². The first-order valence-electron chi connectivity index (χ1n) is 7.76. The van der Waals surface area contributed by atoms with Crippen molar-refractivity contribution in [1.82, 2.24) is 10.3 Å². The summed E-state index contributed by atoms with van der Waals surface area (Å²) in [5.74, 6) is 0.579. The van der Waals surface area contributed by atoms with E-state index < -0.39 is 0 Å². The van der Waals surface area contributed by atoms with Gasteiger partial charge in [0.05, 0.1) is 5.75 Å². The molecule has 24 heavy (non-hydrogen) atoms. The minimum Gasteiger partial charge on any atom is -0.355 e. The van der Waals surface area contributed by atoms with Crippen LogP contribution in [0.4, 0.5) is 0 Å². The lowest BCUT2D eigenvalue weighted by atomic mass is 9.94. The zero-order chi connectivity index (χ0) is 17.5. The van der Waals surface area contributed by atoms with Crippen LogP contribution in [0.1, 0.15) is 36.9 Å². The third-order valence-electron chi connectivity index (χ3n) is 3.51. The summed E-state index contributed by atoms with van der Waals surface area (Å²) in [7, 11) is 0. The van der Waals surface area contributed by atoms with Gasteiger partial charge in [-0.25, -0.2) is 4.98 Å². The second-order valence-corrected chi connectivity index (χ2v) is 8.42. The number of carbonyl (C=O) groups is 1. The molecular formula is C17H20Cl2N2OS2. The highest BCUT2D eigenvalue weighted by Crippen LogP contribution is 2.30. The molecule has 0 fully saturated rings. The van der Waals surface area contributed by atoms with E-state index in [1.165, 1.54) is 11.8 Å². The first kappa shape index (κ1) is 19.6. The molecule has 1 atom stereocenters. The Morgan fingerprint density at radius 1 is 1.42 bits per heavy atom. The normalized spacial score (nSPS) is 12.2. The molecule has 2 rings (SSSR count). The number of halogens is 2. The molecule has 0 aliphatic carbocycles. The maximum Gasteiger partial charge on any atom is 0.230 e. The van der Waals surface area contributed by atoms with Crippen LogP contribution >= 0.6 is 46.3 Å². The molecular weight excluding hydrogens is 383 g/mol. The average Bonchev–Trinajstić information content (AvgIpc) is 2.95. The molecule has 0 spiro atoms. The highest BCUT2D eigenvalue weighted by Gasteiger charge is 2.16. The summed E-state index contributed by atoms with van der Waals surface area (Å²) in [6.07, 6.45) is 1.98. The van der Waals surface area contributed by atoms with Gasteiger partial charge in [-0.05, 0) is 31.0 Å². The number of carbonyl (C=O) groups excluding carboxylic acids is 1. The second-order valence-electron chi connectivity index (χ2n) is 5.50. The molecule has 1 aromatic carbocycles. The number of nitrogens with zero attached hydrogens (tertiary/aromatic N) is 1. The molecule has 0 saturated heterocycles. The molecule has 3 nitrogen and oxygen atoms in total. The van der Waals surface area contributed by atoms with E-state index in [1.807, 2.05) is 24.4 Å². The molecule has 2 aromatic rings. The quantitative estimate of drug-likeness (QED) is 0.588. The fourth-order valence-corrected chi connectivity index (χ4v) is 4.60. The van der Waals surface area contributed by atoms with Gasteiger partial charge >= 0.3 is 0 Å². The number of amides is 1. The molecule has 1 N–H and O–H groups in total. The van der Waals surface area contributed by atoms with E-state index in [0.29, 0.717) is 22.3 Å². The van der Waals surface area contributed by atoms with Gasteiger partial charge in [0.15, 0.2) is 4.34 Å². The van der Waals surface area contributed by atoms with Crippen LogP contribution in [-0.2, 0) is 4.79 Å². The van der Waals surface area contributed by atoms with Gasteiger partial charge in [0.1, 0.15) is 0 Å². The molecule has 0 bridgehead atoms. The lowest BCUT2D eigenvalue weighted by Crippen LogP contribution is -2.30. The van der Waals surface area contributed by atoms with Crippen molar-refractivity contribution in [1.29, 1.82) is 0 Å². The summed E-state index contributed by atoms with van der Waals surface area (Å²) < 4.78 is 0.925. The third-order valence-corrected chi connectivity index (χ3v) is 6.21. The van der Waals surface area contributed by atoms with Crippen LogP contribution < -0.4 is 5.32 Å². The molecule has 7 heteroatoms. The highest BCUT2D eigenvalue weighted by molar-refractivity contribution is 8.01. The van der Waals surface area contributed by atoms with Gasteiger partial charge in [-0.15, -0.1) is 11.3 Å². The molecule has 0 unspecified atom stereocenters. The number of hydrogen-bond acceptors (Lipinski definition) is 4. The summed E-state index contributed by atoms with van der Waals surface area (Å²) >= 11 is 15.3. The highest BCUT2D eigenvalue weighted by atomic mass is 35.5. The predicted octanol–water partition coefficient (Wildman–Crippen LogP) is 5.55. The van der Waals surface area contributed by atoms with Gasteiger partial charge < -0.3 is 5.32 Å². The van der Waals surface area contributed by atoms with Crippen LogP contribution in [0.15, 0.2) is 27.9 Å². The molecule has 0 saturated carbocycles. The van der Waals surface area contributed by atoms with Crippen molar-refractivity contribution in [2.24, 2.45) is 0 Å². The predicted molar refractivity (Wildman–Crippen MR) is 105 cm³/mol. The molecule has 0 aliphatic heterocycles. The van der Waals surface area contributed by atoms with E-state index in [0.717, 1.165) is 28.4 Å². The third kappa shape index (κ3) is 5.96.